The molecule has 0 saturated heterocycles. The van der Waals surface area contributed by atoms with Gasteiger partial charge in [0, 0.05) is 24.7 Å². The fourth-order valence-electron chi connectivity index (χ4n) is 1.35. The Balaban J connectivity index is 2.26. The van der Waals surface area contributed by atoms with E-state index in [1.54, 1.807) is 17.5 Å². The maximum absolute atomic E-state index is 5.93. The van der Waals surface area contributed by atoms with Crippen LogP contribution in [0.4, 0.5) is 5.95 Å². The van der Waals surface area contributed by atoms with Gasteiger partial charge in [-0.15, -0.1) is 11.3 Å². The molecule has 0 fully saturated rings. The highest BCUT2D eigenvalue weighted by Crippen LogP contribution is 2.27. The fourth-order valence-corrected chi connectivity index (χ4v) is 3.03. The lowest BCUT2D eigenvalue weighted by Crippen LogP contribution is -2.24. The monoisotopic (exact) mass is 301 g/mol. The average molecular weight is 302 g/mol. The largest absolute Gasteiger partial charge is 0.341 e. The minimum absolute atomic E-state index is 0.214. The molecule has 0 amide bonds. The standard InChI is InChI=1S/C10H12ClN5S2/c1-3-16(4-2)8-13-7(11)14-9(15-8)18-10-12-5-6-17-10/h5-6H,3-4H2,1-2H3. The third kappa shape index (κ3) is 3.30. The molecule has 0 aliphatic carbocycles. The molecule has 0 bridgehead atoms. The number of rotatable bonds is 5. The van der Waals surface area contributed by atoms with Gasteiger partial charge in [0.05, 0.1) is 0 Å². The Bertz CT molecular complexity index is 501. The predicted molar refractivity (Wildman–Crippen MR) is 74.6 cm³/mol. The number of halogens is 1. The molecule has 0 atom stereocenters. The first-order chi connectivity index (χ1) is 8.72. The summed E-state index contributed by atoms with van der Waals surface area (Å²) in [6.07, 6.45) is 1.75. The molecule has 5 nitrogen and oxygen atoms in total. The normalized spacial score (nSPS) is 10.6. The Morgan fingerprint density at radius 2 is 2.06 bits per heavy atom. The van der Waals surface area contributed by atoms with E-state index in [0.717, 1.165) is 17.4 Å². The molecule has 8 heteroatoms. The van der Waals surface area contributed by atoms with Gasteiger partial charge in [0.25, 0.3) is 0 Å². The summed E-state index contributed by atoms with van der Waals surface area (Å²) >= 11 is 8.87. The third-order valence-corrected chi connectivity index (χ3v) is 4.13. The van der Waals surface area contributed by atoms with E-state index in [9.17, 15) is 0 Å². The van der Waals surface area contributed by atoms with Crippen molar-refractivity contribution in [1.29, 1.82) is 0 Å². The van der Waals surface area contributed by atoms with Crippen LogP contribution in [0.3, 0.4) is 0 Å². The lowest BCUT2D eigenvalue weighted by molar-refractivity contribution is 0.782. The molecular formula is C10H12ClN5S2. The van der Waals surface area contributed by atoms with Gasteiger partial charge in [0.15, 0.2) is 4.34 Å². The van der Waals surface area contributed by atoms with Gasteiger partial charge in [-0.25, -0.2) is 4.98 Å². The quantitative estimate of drug-likeness (QED) is 0.846. The third-order valence-electron chi connectivity index (χ3n) is 2.21. The van der Waals surface area contributed by atoms with Crippen molar-refractivity contribution in [3.63, 3.8) is 0 Å². The molecule has 0 unspecified atom stereocenters. The lowest BCUT2D eigenvalue weighted by atomic mass is 10.5. The summed E-state index contributed by atoms with van der Waals surface area (Å²) in [6, 6.07) is 0. The van der Waals surface area contributed by atoms with Gasteiger partial charge in [0.2, 0.25) is 16.4 Å². The second kappa shape index (κ2) is 6.31. The molecule has 2 aromatic heterocycles. The van der Waals surface area contributed by atoms with Gasteiger partial charge in [-0.3, -0.25) is 0 Å². The summed E-state index contributed by atoms with van der Waals surface area (Å²) < 4.78 is 0.891. The molecule has 0 radical (unpaired) electrons. The molecular weight excluding hydrogens is 290 g/mol. The number of anilines is 1. The maximum atomic E-state index is 5.93. The number of thiazole rings is 1. The van der Waals surface area contributed by atoms with Crippen LogP contribution in [0.5, 0.6) is 0 Å². The highest BCUT2D eigenvalue weighted by Gasteiger charge is 2.11. The van der Waals surface area contributed by atoms with E-state index in [1.165, 1.54) is 11.8 Å². The van der Waals surface area contributed by atoms with E-state index in [-0.39, 0.29) is 5.28 Å². The van der Waals surface area contributed by atoms with Crippen LogP contribution in [0.25, 0.3) is 0 Å². The van der Waals surface area contributed by atoms with Crippen LogP contribution in [0, 0.1) is 0 Å². The number of aromatic nitrogens is 4. The van der Waals surface area contributed by atoms with Crippen molar-refractivity contribution >= 4 is 40.6 Å². The van der Waals surface area contributed by atoms with E-state index in [0.29, 0.717) is 11.1 Å². The van der Waals surface area contributed by atoms with Crippen molar-refractivity contribution < 1.29 is 0 Å². The molecule has 0 aliphatic heterocycles. The van der Waals surface area contributed by atoms with Crippen LogP contribution < -0.4 is 4.90 Å². The summed E-state index contributed by atoms with van der Waals surface area (Å²) in [5.41, 5.74) is 0. The molecule has 0 aliphatic rings. The smallest absolute Gasteiger partial charge is 0.230 e. The Labute approximate surface area is 119 Å². The predicted octanol–water partition coefficient (Wildman–Crippen LogP) is 2.98. The number of hydrogen-bond acceptors (Lipinski definition) is 7. The average Bonchev–Trinajstić information content (AvgIpc) is 2.83. The van der Waals surface area contributed by atoms with Gasteiger partial charge in [-0.05, 0) is 37.2 Å². The highest BCUT2D eigenvalue weighted by atomic mass is 35.5. The second-order valence-electron chi connectivity index (χ2n) is 3.26. The first-order valence-corrected chi connectivity index (χ1v) is 7.54. The first kappa shape index (κ1) is 13.5. The number of nitrogens with zero attached hydrogens (tertiary/aromatic N) is 5. The van der Waals surface area contributed by atoms with Crippen molar-refractivity contribution in [3.05, 3.63) is 16.9 Å². The lowest BCUT2D eigenvalue weighted by Gasteiger charge is -2.18. The Hall–Kier alpha value is -0.920. The Kier molecular flexibility index (Phi) is 4.73. The van der Waals surface area contributed by atoms with E-state index in [2.05, 4.69) is 33.8 Å². The minimum atomic E-state index is 0.214. The van der Waals surface area contributed by atoms with Gasteiger partial charge in [-0.1, -0.05) is 0 Å². The van der Waals surface area contributed by atoms with Crippen LogP contribution in [-0.4, -0.2) is 33.0 Å². The van der Waals surface area contributed by atoms with Crippen molar-refractivity contribution in [2.24, 2.45) is 0 Å². The highest BCUT2D eigenvalue weighted by molar-refractivity contribution is 8.00. The second-order valence-corrected chi connectivity index (χ2v) is 5.71. The SMILES string of the molecule is CCN(CC)c1nc(Cl)nc(Sc2nccs2)n1. The topological polar surface area (TPSA) is 54.8 Å². The van der Waals surface area contributed by atoms with Crippen LogP contribution >= 0.6 is 34.7 Å². The maximum Gasteiger partial charge on any atom is 0.230 e. The van der Waals surface area contributed by atoms with Crippen LogP contribution in [0.2, 0.25) is 5.28 Å². The summed E-state index contributed by atoms with van der Waals surface area (Å²) in [6.45, 7) is 5.76. The van der Waals surface area contributed by atoms with Crippen molar-refractivity contribution in [1.82, 2.24) is 19.9 Å². The summed E-state index contributed by atoms with van der Waals surface area (Å²) in [7, 11) is 0. The van der Waals surface area contributed by atoms with Gasteiger partial charge in [-0.2, -0.15) is 15.0 Å². The molecule has 0 saturated carbocycles. The molecule has 2 heterocycles. The van der Waals surface area contributed by atoms with Gasteiger partial charge < -0.3 is 4.90 Å². The molecule has 2 aromatic rings. The molecule has 18 heavy (non-hydrogen) atoms. The zero-order valence-electron chi connectivity index (χ0n) is 10.00. The summed E-state index contributed by atoms with van der Waals surface area (Å²) in [4.78, 5) is 18.9. The number of hydrogen-bond donors (Lipinski definition) is 0. The molecule has 2 rings (SSSR count). The summed E-state index contributed by atoms with van der Waals surface area (Å²) in [5.74, 6) is 0.610. The van der Waals surface area contributed by atoms with E-state index in [1.807, 2.05) is 10.3 Å². The van der Waals surface area contributed by atoms with Gasteiger partial charge >= 0.3 is 0 Å². The Morgan fingerprint density at radius 3 is 2.67 bits per heavy atom. The molecule has 0 N–H and O–H groups in total. The summed E-state index contributed by atoms with van der Waals surface area (Å²) in [5, 5.41) is 2.70. The Morgan fingerprint density at radius 1 is 1.28 bits per heavy atom. The fraction of sp³-hybridized carbons (Fsp3) is 0.400. The molecule has 0 spiro atoms. The molecule has 96 valence electrons. The van der Waals surface area contributed by atoms with Crippen molar-refractivity contribution in [2.75, 3.05) is 18.0 Å². The van der Waals surface area contributed by atoms with Gasteiger partial charge in [0.1, 0.15) is 0 Å². The van der Waals surface area contributed by atoms with E-state index >= 15 is 0 Å². The van der Waals surface area contributed by atoms with Crippen LogP contribution in [-0.2, 0) is 0 Å². The van der Waals surface area contributed by atoms with Crippen molar-refractivity contribution in [3.8, 4) is 0 Å². The van der Waals surface area contributed by atoms with Crippen LogP contribution in [0.1, 0.15) is 13.8 Å². The van der Waals surface area contributed by atoms with E-state index in [4.69, 9.17) is 11.6 Å². The zero-order valence-corrected chi connectivity index (χ0v) is 12.4. The van der Waals surface area contributed by atoms with E-state index < -0.39 is 0 Å². The van der Waals surface area contributed by atoms with Crippen molar-refractivity contribution in [2.45, 2.75) is 23.3 Å². The molecule has 0 aromatic carbocycles. The van der Waals surface area contributed by atoms with Crippen LogP contribution in [0.15, 0.2) is 21.1 Å². The zero-order chi connectivity index (χ0) is 13.0. The first-order valence-electron chi connectivity index (χ1n) is 5.46. The minimum Gasteiger partial charge on any atom is -0.341 e.